The second-order valence-corrected chi connectivity index (χ2v) is 4.90. The highest BCUT2D eigenvalue weighted by Gasteiger charge is 2.24. The van der Waals surface area contributed by atoms with Crippen molar-refractivity contribution < 1.29 is 19.2 Å². The molecule has 7 heteroatoms. The fourth-order valence-corrected chi connectivity index (χ4v) is 1.79. The van der Waals surface area contributed by atoms with Crippen LogP contribution in [-0.2, 0) is 14.3 Å². The Morgan fingerprint density at radius 2 is 1.95 bits per heavy atom. The molecule has 1 rings (SSSR count). The lowest BCUT2D eigenvalue weighted by Gasteiger charge is -2.18. The Bertz CT molecular complexity index is 595. The molecular formula is C15H18N2O5. The lowest BCUT2D eigenvalue weighted by Crippen LogP contribution is -2.44. The minimum Gasteiger partial charge on any atom is -0.467 e. The Morgan fingerprint density at radius 3 is 2.50 bits per heavy atom. The average Bonchev–Trinajstić information content (AvgIpc) is 2.49. The number of hydrogen-bond acceptors (Lipinski definition) is 5. The molecule has 0 saturated heterocycles. The standard InChI is InChI=1S/C15H18N2O5/c1-10(2)14(15(19)22-3)16-13(18)9-8-11-6-4-5-7-12(11)17(20)21/h4-10,14H,1-3H3,(H,16,18)/b9-8+/t14-/m0/s1. The molecule has 0 heterocycles. The van der Waals surface area contributed by atoms with E-state index in [2.05, 4.69) is 10.1 Å². The number of ether oxygens (including phenoxy) is 1. The Morgan fingerprint density at radius 1 is 1.32 bits per heavy atom. The van der Waals surface area contributed by atoms with Crippen LogP contribution in [0, 0.1) is 16.0 Å². The van der Waals surface area contributed by atoms with E-state index in [4.69, 9.17) is 0 Å². The number of esters is 1. The van der Waals surface area contributed by atoms with Crippen LogP contribution >= 0.6 is 0 Å². The Kier molecular flexibility index (Phi) is 6.25. The van der Waals surface area contributed by atoms with Gasteiger partial charge in [0.05, 0.1) is 17.6 Å². The van der Waals surface area contributed by atoms with E-state index in [1.165, 1.54) is 25.3 Å². The summed E-state index contributed by atoms with van der Waals surface area (Å²) in [4.78, 5) is 33.8. The zero-order valence-electron chi connectivity index (χ0n) is 12.6. The molecule has 0 spiro atoms. The summed E-state index contributed by atoms with van der Waals surface area (Å²) in [6.07, 6.45) is 2.49. The van der Waals surface area contributed by atoms with Crippen LogP contribution in [0.5, 0.6) is 0 Å². The minimum absolute atomic E-state index is 0.0973. The first kappa shape index (κ1) is 17.4. The maximum absolute atomic E-state index is 11.9. The topological polar surface area (TPSA) is 98.5 Å². The van der Waals surface area contributed by atoms with Crippen LogP contribution in [-0.4, -0.2) is 30.0 Å². The molecule has 0 radical (unpaired) electrons. The summed E-state index contributed by atoms with van der Waals surface area (Å²) < 4.78 is 4.62. The summed E-state index contributed by atoms with van der Waals surface area (Å²) in [5.74, 6) is -1.21. The normalized spacial score (nSPS) is 12.2. The molecule has 1 aromatic carbocycles. The third-order valence-corrected chi connectivity index (χ3v) is 2.97. The summed E-state index contributed by atoms with van der Waals surface area (Å²) in [6.45, 7) is 3.54. The van der Waals surface area contributed by atoms with Gasteiger partial charge < -0.3 is 10.1 Å². The first-order valence-corrected chi connectivity index (χ1v) is 6.66. The highest BCUT2D eigenvalue weighted by atomic mass is 16.6. The molecule has 1 amide bonds. The fraction of sp³-hybridized carbons (Fsp3) is 0.333. The van der Waals surface area contributed by atoms with Gasteiger partial charge in [-0.3, -0.25) is 14.9 Å². The van der Waals surface area contributed by atoms with Crippen LogP contribution in [0.4, 0.5) is 5.69 Å². The SMILES string of the molecule is COC(=O)[C@@H](NC(=O)/C=C/c1ccccc1[N+](=O)[O-])C(C)C. The van der Waals surface area contributed by atoms with Gasteiger partial charge in [0.2, 0.25) is 5.91 Å². The van der Waals surface area contributed by atoms with E-state index in [0.717, 1.165) is 6.08 Å². The summed E-state index contributed by atoms with van der Waals surface area (Å²) in [6, 6.07) is 5.29. The number of nitro groups is 1. The molecule has 22 heavy (non-hydrogen) atoms. The molecule has 0 fully saturated rings. The molecule has 0 bridgehead atoms. The fourth-order valence-electron chi connectivity index (χ4n) is 1.79. The number of methoxy groups -OCH3 is 1. The van der Waals surface area contributed by atoms with Gasteiger partial charge in [-0.05, 0) is 18.1 Å². The van der Waals surface area contributed by atoms with Crippen LogP contribution in [0.15, 0.2) is 30.3 Å². The third kappa shape index (κ3) is 4.69. The van der Waals surface area contributed by atoms with Crippen LogP contribution < -0.4 is 5.32 Å². The van der Waals surface area contributed by atoms with Crippen molar-refractivity contribution in [2.45, 2.75) is 19.9 Å². The summed E-state index contributed by atoms with van der Waals surface area (Å²) >= 11 is 0. The van der Waals surface area contributed by atoms with E-state index >= 15 is 0 Å². The van der Waals surface area contributed by atoms with Gasteiger partial charge in [-0.25, -0.2) is 4.79 Å². The molecule has 0 aliphatic carbocycles. The predicted molar refractivity (Wildman–Crippen MR) is 80.9 cm³/mol. The minimum atomic E-state index is -0.770. The van der Waals surface area contributed by atoms with Crippen LogP contribution in [0.25, 0.3) is 6.08 Å². The number of hydrogen-bond donors (Lipinski definition) is 1. The van der Waals surface area contributed by atoms with Gasteiger partial charge in [0.15, 0.2) is 0 Å². The van der Waals surface area contributed by atoms with E-state index in [0.29, 0.717) is 5.56 Å². The highest BCUT2D eigenvalue weighted by Crippen LogP contribution is 2.18. The number of nitrogens with one attached hydrogen (secondary N) is 1. The number of para-hydroxylation sites is 1. The van der Waals surface area contributed by atoms with Gasteiger partial charge >= 0.3 is 5.97 Å². The van der Waals surface area contributed by atoms with E-state index in [9.17, 15) is 19.7 Å². The highest BCUT2D eigenvalue weighted by molar-refractivity contribution is 5.95. The lowest BCUT2D eigenvalue weighted by molar-refractivity contribution is -0.385. The van der Waals surface area contributed by atoms with Crippen molar-refractivity contribution in [3.05, 3.63) is 46.0 Å². The van der Waals surface area contributed by atoms with E-state index < -0.39 is 22.8 Å². The third-order valence-electron chi connectivity index (χ3n) is 2.97. The molecule has 0 aliphatic heterocycles. The Hall–Kier alpha value is -2.70. The molecule has 1 aromatic rings. The van der Waals surface area contributed by atoms with Gasteiger partial charge in [-0.2, -0.15) is 0 Å². The number of carbonyl (C=O) groups excluding carboxylic acids is 2. The second kappa shape index (κ2) is 7.92. The molecule has 118 valence electrons. The first-order chi connectivity index (χ1) is 10.4. The maximum Gasteiger partial charge on any atom is 0.328 e. The van der Waals surface area contributed by atoms with E-state index in [1.807, 2.05) is 0 Å². The smallest absolute Gasteiger partial charge is 0.328 e. The van der Waals surface area contributed by atoms with Crippen molar-refractivity contribution in [1.29, 1.82) is 0 Å². The molecule has 0 aromatic heterocycles. The Labute approximate surface area is 128 Å². The van der Waals surface area contributed by atoms with E-state index in [-0.39, 0.29) is 11.6 Å². The molecule has 7 nitrogen and oxygen atoms in total. The van der Waals surface area contributed by atoms with Crippen molar-refractivity contribution in [3.63, 3.8) is 0 Å². The largest absolute Gasteiger partial charge is 0.467 e. The quantitative estimate of drug-likeness (QED) is 0.375. The Balaban J connectivity index is 2.84. The summed E-state index contributed by atoms with van der Waals surface area (Å²) in [7, 11) is 1.24. The summed E-state index contributed by atoms with van der Waals surface area (Å²) in [5, 5.41) is 13.4. The number of benzene rings is 1. The predicted octanol–water partition coefficient (Wildman–Crippen LogP) is 1.92. The number of nitro benzene ring substituents is 1. The molecular weight excluding hydrogens is 288 g/mol. The number of rotatable bonds is 6. The van der Waals surface area contributed by atoms with Gasteiger partial charge in [0.25, 0.3) is 5.69 Å². The monoisotopic (exact) mass is 306 g/mol. The van der Waals surface area contributed by atoms with Crippen molar-refractivity contribution in [1.82, 2.24) is 5.32 Å². The average molecular weight is 306 g/mol. The second-order valence-electron chi connectivity index (χ2n) is 4.90. The van der Waals surface area contributed by atoms with Crippen LogP contribution in [0.1, 0.15) is 19.4 Å². The van der Waals surface area contributed by atoms with E-state index in [1.54, 1.807) is 26.0 Å². The molecule has 1 N–H and O–H groups in total. The number of carbonyl (C=O) groups is 2. The molecule has 0 unspecified atom stereocenters. The number of nitrogens with zero attached hydrogens (tertiary/aromatic N) is 1. The van der Waals surface area contributed by atoms with Crippen LogP contribution in [0.2, 0.25) is 0 Å². The molecule has 0 aliphatic rings. The van der Waals surface area contributed by atoms with Gasteiger partial charge in [0, 0.05) is 12.1 Å². The zero-order valence-corrected chi connectivity index (χ0v) is 12.6. The van der Waals surface area contributed by atoms with Gasteiger partial charge in [-0.1, -0.05) is 26.0 Å². The summed E-state index contributed by atoms with van der Waals surface area (Å²) in [5.41, 5.74) is 0.210. The van der Waals surface area contributed by atoms with Crippen molar-refractivity contribution in [2.75, 3.05) is 7.11 Å². The first-order valence-electron chi connectivity index (χ1n) is 6.66. The molecule has 0 saturated carbocycles. The van der Waals surface area contributed by atoms with Gasteiger partial charge in [0.1, 0.15) is 6.04 Å². The maximum atomic E-state index is 11.9. The van der Waals surface area contributed by atoms with Gasteiger partial charge in [-0.15, -0.1) is 0 Å². The van der Waals surface area contributed by atoms with Crippen molar-refractivity contribution >= 4 is 23.6 Å². The number of amides is 1. The lowest BCUT2D eigenvalue weighted by atomic mass is 10.0. The zero-order chi connectivity index (χ0) is 16.7. The van der Waals surface area contributed by atoms with Crippen molar-refractivity contribution in [3.8, 4) is 0 Å². The molecule has 1 atom stereocenters. The van der Waals surface area contributed by atoms with Crippen LogP contribution in [0.3, 0.4) is 0 Å². The van der Waals surface area contributed by atoms with Crippen molar-refractivity contribution in [2.24, 2.45) is 5.92 Å².